The second-order valence-corrected chi connectivity index (χ2v) is 6.47. The minimum Gasteiger partial charge on any atom is -0.377 e. The van der Waals surface area contributed by atoms with Gasteiger partial charge in [0.15, 0.2) is 5.96 Å². The number of guanidine groups is 1. The number of hydrogen-bond donors (Lipinski definition) is 2. The maximum atomic E-state index is 5.43. The number of benzene rings is 1. The Morgan fingerprint density at radius 3 is 2.24 bits per heavy atom. The van der Waals surface area contributed by atoms with Gasteiger partial charge in [-0.25, -0.2) is 0 Å². The van der Waals surface area contributed by atoms with Gasteiger partial charge in [-0.05, 0) is 38.1 Å². The number of nitrogens with one attached hydrogen (secondary N) is 2. The summed E-state index contributed by atoms with van der Waals surface area (Å²) >= 11 is 0. The molecule has 1 aromatic rings. The maximum absolute atomic E-state index is 5.43. The quantitative estimate of drug-likeness (QED) is 0.336. The zero-order valence-electron chi connectivity index (χ0n) is 16.6. The van der Waals surface area contributed by atoms with Crippen molar-refractivity contribution in [3.63, 3.8) is 0 Å². The Labute approximate surface area is 170 Å². The highest BCUT2D eigenvalue weighted by molar-refractivity contribution is 14.0. The minimum absolute atomic E-state index is 0. The molecule has 0 fully saturated rings. The van der Waals surface area contributed by atoms with E-state index in [9.17, 15) is 0 Å². The highest BCUT2D eigenvalue weighted by Crippen LogP contribution is 2.11. The number of rotatable bonds is 9. The van der Waals surface area contributed by atoms with Crippen LogP contribution in [0.3, 0.4) is 0 Å². The van der Waals surface area contributed by atoms with Crippen molar-refractivity contribution in [3.8, 4) is 0 Å². The summed E-state index contributed by atoms with van der Waals surface area (Å²) in [5, 5.41) is 6.71. The third-order valence-electron chi connectivity index (χ3n) is 4.31. The minimum atomic E-state index is -0.224. The first kappa shape index (κ1) is 24.1. The summed E-state index contributed by atoms with van der Waals surface area (Å²) in [4.78, 5) is 6.72. The van der Waals surface area contributed by atoms with Gasteiger partial charge < -0.3 is 15.4 Å². The highest BCUT2D eigenvalue weighted by atomic mass is 127. The Morgan fingerprint density at radius 2 is 1.72 bits per heavy atom. The van der Waals surface area contributed by atoms with Gasteiger partial charge in [-0.2, -0.15) is 0 Å². The van der Waals surface area contributed by atoms with Crippen LogP contribution in [0.1, 0.15) is 38.8 Å². The summed E-state index contributed by atoms with van der Waals surface area (Å²) in [7, 11) is 3.51. The topological polar surface area (TPSA) is 48.9 Å². The molecule has 144 valence electrons. The number of ether oxygens (including phenoxy) is 1. The van der Waals surface area contributed by atoms with Crippen molar-refractivity contribution >= 4 is 29.9 Å². The largest absolute Gasteiger partial charge is 0.377 e. The zero-order valence-corrected chi connectivity index (χ0v) is 18.9. The molecule has 0 aliphatic heterocycles. The summed E-state index contributed by atoms with van der Waals surface area (Å²) < 4.78 is 5.43. The molecule has 0 atom stereocenters. The standard InChI is InChI=1S/C19H34N4O.HI/c1-7-23(8-2)14-17-12-10-9-11-16(17)13-21-18(20-5)22-15-19(3,4)24-6;/h9-12H,7-8,13-15H2,1-6H3,(H2,20,21,22);1H. The van der Waals surface area contributed by atoms with Crippen molar-refractivity contribution in [2.24, 2.45) is 4.99 Å². The number of aliphatic imine (C=N–C) groups is 1. The fourth-order valence-corrected chi connectivity index (χ4v) is 2.34. The average Bonchev–Trinajstić information content (AvgIpc) is 2.60. The third kappa shape index (κ3) is 8.87. The lowest BCUT2D eigenvalue weighted by Crippen LogP contribution is -2.45. The van der Waals surface area contributed by atoms with Gasteiger partial charge in [0.1, 0.15) is 0 Å². The Bertz CT molecular complexity index is 516. The van der Waals surface area contributed by atoms with Crippen LogP contribution in [0, 0.1) is 0 Å². The van der Waals surface area contributed by atoms with Gasteiger partial charge in [0.05, 0.1) is 5.60 Å². The van der Waals surface area contributed by atoms with E-state index in [1.165, 1.54) is 11.1 Å². The molecule has 0 aliphatic carbocycles. The molecule has 0 aromatic heterocycles. The molecule has 0 radical (unpaired) electrons. The van der Waals surface area contributed by atoms with Crippen molar-refractivity contribution in [2.75, 3.05) is 33.8 Å². The lowest BCUT2D eigenvalue weighted by atomic mass is 10.1. The smallest absolute Gasteiger partial charge is 0.191 e. The third-order valence-corrected chi connectivity index (χ3v) is 4.31. The number of methoxy groups -OCH3 is 1. The molecule has 1 aromatic carbocycles. The summed E-state index contributed by atoms with van der Waals surface area (Å²) in [6, 6.07) is 8.58. The second-order valence-electron chi connectivity index (χ2n) is 6.47. The van der Waals surface area contributed by atoms with Crippen LogP contribution in [-0.4, -0.2) is 50.3 Å². The van der Waals surface area contributed by atoms with Crippen molar-refractivity contribution < 1.29 is 4.74 Å². The molecule has 0 amide bonds. The van der Waals surface area contributed by atoms with E-state index < -0.39 is 0 Å². The van der Waals surface area contributed by atoms with E-state index in [2.05, 4.69) is 58.6 Å². The fourth-order valence-electron chi connectivity index (χ4n) is 2.34. The van der Waals surface area contributed by atoms with Crippen molar-refractivity contribution in [1.82, 2.24) is 15.5 Å². The first-order valence-corrected chi connectivity index (χ1v) is 8.74. The van der Waals surface area contributed by atoms with Crippen LogP contribution in [0.25, 0.3) is 0 Å². The fraction of sp³-hybridized carbons (Fsp3) is 0.632. The molecular formula is C19H35IN4O. The van der Waals surface area contributed by atoms with Crippen LogP contribution in [0.2, 0.25) is 0 Å². The predicted molar refractivity (Wildman–Crippen MR) is 118 cm³/mol. The van der Waals surface area contributed by atoms with Crippen molar-refractivity contribution in [3.05, 3.63) is 35.4 Å². The summed E-state index contributed by atoms with van der Waals surface area (Å²) in [6.07, 6.45) is 0. The molecule has 6 heteroatoms. The number of nitrogens with zero attached hydrogens (tertiary/aromatic N) is 2. The first-order chi connectivity index (χ1) is 11.5. The summed E-state index contributed by atoms with van der Waals surface area (Å²) in [6.45, 7) is 13.1. The normalized spacial score (nSPS) is 12.0. The zero-order chi connectivity index (χ0) is 18.0. The van der Waals surface area contributed by atoms with E-state index in [1.54, 1.807) is 14.2 Å². The average molecular weight is 462 g/mol. The Kier molecular flexibility index (Phi) is 12.1. The van der Waals surface area contributed by atoms with Gasteiger partial charge in [-0.3, -0.25) is 9.89 Å². The van der Waals surface area contributed by atoms with E-state index >= 15 is 0 Å². The SMILES string of the molecule is CCN(CC)Cc1ccccc1CNC(=NC)NCC(C)(C)OC.I. The van der Waals surface area contributed by atoms with Crippen LogP contribution in [-0.2, 0) is 17.8 Å². The molecule has 2 N–H and O–H groups in total. The molecule has 1 rings (SSSR count). The molecule has 0 aliphatic rings. The van der Waals surface area contributed by atoms with Crippen LogP contribution in [0.5, 0.6) is 0 Å². The molecule has 5 nitrogen and oxygen atoms in total. The number of halogens is 1. The van der Waals surface area contributed by atoms with Crippen molar-refractivity contribution in [1.29, 1.82) is 0 Å². The first-order valence-electron chi connectivity index (χ1n) is 8.74. The van der Waals surface area contributed by atoms with E-state index in [0.29, 0.717) is 6.54 Å². The Morgan fingerprint density at radius 1 is 1.12 bits per heavy atom. The van der Waals surface area contributed by atoms with Crippen molar-refractivity contribution in [2.45, 2.75) is 46.4 Å². The molecule has 0 bridgehead atoms. The lowest BCUT2D eigenvalue weighted by Gasteiger charge is -2.25. The van der Waals surface area contributed by atoms with E-state index in [1.807, 2.05) is 13.8 Å². The van der Waals surface area contributed by atoms with Gasteiger partial charge in [-0.15, -0.1) is 24.0 Å². The van der Waals surface area contributed by atoms with Gasteiger partial charge >= 0.3 is 0 Å². The summed E-state index contributed by atoms with van der Waals surface area (Å²) in [5.74, 6) is 0.790. The molecule has 0 saturated heterocycles. The second kappa shape index (κ2) is 12.5. The maximum Gasteiger partial charge on any atom is 0.191 e. The van der Waals surface area contributed by atoms with Gasteiger partial charge in [-0.1, -0.05) is 38.1 Å². The molecule has 0 spiro atoms. The predicted octanol–water partition coefficient (Wildman–Crippen LogP) is 3.24. The Hall–Kier alpha value is -0.860. The molecular weight excluding hydrogens is 427 g/mol. The van der Waals surface area contributed by atoms with E-state index in [4.69, 9.17) is 4.74 Å². The van der Waals surface area contributed by atoms with Crippen LogP contribution < -0.4 is 10.6 Å². The Balaban J connectivity index is 0.00000576. The lowest BCUT2D eigenvalue weighted by molar-refractivity contribution is 0.0268. The molecule has 25 heavy (non-hydrogen) atoms. The van der Waals surface area contributed by atoms with Crippen LogP contribution in [0.15, 0.2) is 29.3 Å². The monoisotopic (exact) mass is 462 g/mol. The van der Waals surface area contributed by atoms with Gasteiger partial charge in [0, 0.05) is 33.8 Å². The van der Waals surface area contributed by atoms with Gasteiger partial charge in [0.25, 0.3) is 0 Å². The van der Waals surface area contributed by atoms with Crippen LogP contribution in [0.4, 0.5) is 0 Å². The number of hydrogen-bond acceptors (Lipinski definition) is 3. The van der Waals surface area contributed by atoms with Gasteiger partial charge in [0.2, 0.25) is 0 Å². The molecule has 0 unspecified atom stereocenters. The van der Waals surface area contributed by atoms with E-state index in [-0.39, 0.29) is 29.6 Å². The summed E-state index contributed by atoms with van der Waals surface area (Å²) in [5.41, 5.74) is 2.44. The van der Waals surface area contributed by atoms with Crippen LogP contribution >= 0.6 is 24.0 Å². The molecule has 0 saturated carbocycles. The highest BCUT2D eigenvalue weighted by Gasteiger charge is 2.16. The van der Waals surface area contributed by atoms with E-state index in [0.717, 1.165) is 32.1 Å². The molecule has 0 heterocycles.